The molecule has 0 unspecified atom stereocenters. The van der Waals surface area contributed by atoms with E-state index in [0.717, 1.165) is 0 Å². The average Bonchev–Trinajstić information content (AvgIpc) is 2.45. The van der Waals surface area contributed by atoms with E-state index >= 15 is 0 Å². The van der Waals surface area contributed by atoms with Gasteiger partial charge in [-0.15, -0.1) is 0 Å². The predicted octanol–water partition coefficient (Wildman–Crippen LogP) is 0.0908. The minimum Gasteiger partial charge on any atom is -0.468 e. The van der Waals surface area contributed by atoms with Crippen molar-refractivity contribution in [2.75, 3.05) is 26.7 Å². The summed E-state index contributed by atoms with van der Waals surface area (Å²) in [6, 6.07) is -1.30. The van der Waals surface area contributed by atoms with Crippen molar-refractivity contribution in [2.45, 2.75) is 45.3 Å². The molecule has 3 amide bonds. The fraction of sp³-hybridized carbons (Fsp3) is 0.786. The van der Waals surface area contributed by atoms with E-state index in [2.05, 4.69) is 20.7 Å². The van der Waals surface area contributed by atoms with Gasteiger partial charge in [-0.25, -0.2) is 9.59 Å². The van der Waals surface area contributed by atoms with Crippen molar-refractivity contribution >= 4 is 18.1 Å². The lowest BCUT2D eigenvalue weighted by atomic mass is 10.2. The highest BCUT2D eigenvalue weighted by Crippen LogP contribution is 2.06. The van der Waals surface area contributed by atoms with Gasteiger partial charge in [0.1, 0.15) is 11.6 Å². The maximum Gasteiger partial charge on any atom is 0.407 e. The first kappa shape index (κ1) is 21.0. The maximum absolute atomic E-state index is 11.4. The summed E-state index contributed by atoms with van der Waals surface area (Å²) in [4.78, 5) is 33.8. The van der Waals surface area contributed by atoms with E-state index in [1.54, 1.807) is 20.8 Å². The zero-order chi connectivity index (χ0) is 17.9. The number of nitrogens with one attached hydrogen (secondary N) is 3. The number of rotatable bonds is 8. The van der Waals surface area contributed by atoms with Crippen molar-refractivity contribution in [2.24, 2.45) is 5.73 Å². The molecular formula is C14H28N4O5. The Balaban J connectivity index is 3.59. The first-order valence-corrected chi connectivity index (χ1v) is 7.47. The Labute approximate surface area is 136 Å². The number of alkyl carbamates (subject to hydrolysis) is 1. The molecule has 0 fully saturated rings. The first-order valence-electron chi connectivity index (χ1n) is 7.47. The number of carbonyl (C=O) groups is 3. The number of esters is 1. The van der Waals surface area contributed by atoms with E-state index in [1.165, 1.54) is 7.11 Å². The van der Waals surface area contributed by atoms with Crippen LogP contribution < -0.4 is 21.7 Å². The zero-order valence-corrected chi connectivity index (χ0v) is 14.2. The predicted molar refractivity (Wildman–Crippen MR) is 84.9 cm³/mol. The SMILES string of the molecule is COC(=O)[C@@H](N)CNC(=O)NCCCCNC(=O)OC(C)(C)C. The fourth-order valence-electron chi connectivity index (χ4n) is 1.46. The van der Waals surface area contributed by atoms with Crippen LogP contribution in [0.15, 0.2) is 0 Å². The number of unbranched alkanes of at least 4 members (excludes halogenated alkanes) is 1. The number of methoxy groups -OCH3 is 1. The molecule has 0 saturated carbocycles. The molecule has 0 heterocycles. The summed E-state index contributed by atoms with van der Waals surface area (Å²) in [6.45, 7) is 6.28. The highest BCUT2D eigenvalue weighted by molar-refractivity contribution is 5.78. The number of ether oxygens (including phenoxy) is 2. The van der Waals surface area contributed by atoms with Crippen molar-refractivity contribution in [1.29, 1.82) is 0 Å². The molecule has 134 valence electrons. The third-order valence-electron chi connectivity index (χ3n) is 2.54. The normalized spacial score (nSPS) is 12.0. The molecule has 0 bridgehead atoms. The molecule has 0 spiro atoms. The van der Waals surface area contributed by atoms with Gasteiger partial charge in [0.2, 0.25) is 0 Å². The number of amides is 3. The maximum atomic E-state index is 11.4. The number of hydrogen-bond acceptors (Lipinski definition) is 6. The molecular weight excluding hydrogens is 304 g/mol. The van der Waals surface area contributed by atoms with Gasteiger partial charge in [-0.05, 0) is 33.6 Å². The first-order chi connectivity index (χ1) is 10.7. The van der Waals surface area contributed by atoms with Gasteiger partial charge in [-0.1, -0.05) is 0 Å². The van der Waals surface area contributed by atoms with Crippen LogP contribution in [0, 0.1) is 0 Å². The van der Waals surface area contributed by atoms with Gasteiger partial charge >= 0.3 is 18.1 Å². The fourth-order valence-corrected chi connectivity index (χ4v) is 1.46. The summed E-state index contributed by atoms with van der Waals surface area (Å²) >= 11 is 0. The summed E-state index contributed by atoms with van der Waals surface area (Å²) in [5, 5.41) is 7.72. The minimum atomic E-state index is -0.885. The van der Waals surface area contributed by atoms with Gasteiger partial charge in [0.05, 0.1) is 7.11 Å². The van der Waals surface area contributed by atoms with E-state index < -0.39 is 29.7 Å². The van der Waals surface area contributed by atoms with Crippen LogP contribution in [0.5, 0.6) is 0 Å². The van der Waals surface area contributed by atoms with Crippen LogP contribution in [-0.4, -0.2) is 56.5 Å². The second-order valence-corrected chi connectivity index (χ2v) is 5.90. The lowest BCUT2D eigenvalue weighted by Gasteiger charge is -2.19. The molecule has 0 aliphatic heterocycles. The van der Waals surface area contributed by atoms with E-state index in [4.69, 9.17) is 10.5 Å². The lowest BCUT2D eigenvalue weighted by molar-refractivity contribution is -0.141. The third kappa shape index (κ3) is 12.2. The van der Waals surface area contributed by atoms with Gasteiger partial charge in [0.15, 0.2) is 0 Å². The Morgan fingerprint density at radius 1 is 1.04 bits per heavy atom. The smallest absolute Gasteiger partial charge is 0.407 e. The second-order valence-electron chi connectivity index (χ2n) is 5.90. The van der Waals surface area contributed by atoms with Crippen LogP contribution >= 0.6 is 0 Å². The van der Waals surface area contributed by atoms with E-state index in [0.29, 0.717) is 25.9 Å². The monoisotopic (exact) mass is 332 g/mol. The van der Waals surface area contributed by atoms with Crippen LogP contribution in [0.3, 0.4) is 0 Å². The molecule has 23 heavy (non-hydrogen) atoms. The molecule has 0 aliphatic carbocycles. The number of urea groups is 1. The molecule has 5 N–H and O–H groups in total. The van der Waals surface area contributed by atoms with Crippen molar-refractivity contribution in [3.8, 4) is 0 Å². The number of nitrogens with two attached hydrogens (primary N) is 1. The standard InChI is InChI=1S/C14H28N4O5/c1-14(2,3)23-13(21)17-8-6-5-7-16-12(20)18-9-10(15)11(19)22-4/h10H,5-9,15H2,1-4H3,(H,17,21)(H2,16,18,20)/t10-/m0/s1. The molecule has 9 nitrogen and oxygen atoms in total. The van der Waals surface area contributed by atoms with E-state index in [-0.39, 0.29) is 6.54 Å². The third-order valence-corrected chi connectivity index (χ3v) is 2.54. The summed E-state index contributed by atoms with van der Waals surface area (Å²) < 4.78 is 9.52. The Bertz CT molecular complexity index is 395. The zero-order valence-electron chi connectivity index (χ0n) is 14.2. The summed E-state index contributed by atoms with van der Waals surface area (Å²) in [5.41, 5.74) is 4.95. The average molecular weight is 332 g/mol. The molecule has 0 saturated heterocycles. The molecule has 0 aliphatic rings. The molecule has 0 aromatic heterocycles. The van der Waals surface area contributed by atoms with Gasteiger partial charge in [0, 0.05) is 19.6 Å². The van der Waals surface area contributed by atoms with Crippen LogP contribution in [0.25, 0.3) is 0 Å². The van der Waals surface area contributed by atoms with E-state index in [1.807, 2.05) is 0 Å². The Kier molecular flexibility index (Phi) is 9.71. The topological polar surface area (TPSA) is 132 Å². The molecule has 0 radical (unpaired) electrons. The minimum absolute atomic E-state index is 0.00128. The molecule has 0 rings (SSSR count). The summed E-state index contributed by atoms with van der Waals surface area (Å²) in [5.74, 6) is -0.585. The van der Waals surface area contributed by atoms with Crippen LogP contribution in [0.1, 0.15) is 33.6 Å². The van der Waals surface area contributed by atoms with E-state index in [9.17, 15) is 14.4 Å². The van der Waals surface area contributed by atoms with Crippen LogP contribution in [0.4, 0.5) is 9.59 Å². The lowest BCUT2D eigenvalue weighted by Crippen LogP contribution is -2.46. The summed E-state index contributed by atoms with van der Waals surface area (Å²) in [6.07, 6.45) is 0.924. The summed E-state index contributed by atoms with van der Waals surface area (Å²) in [7, 11) is 1.23. The highest BCUT2D eigenvalue weighted by Gasteiger charge is 2.15. The number of carbonyl (C=O) groups excluding carboxylic acids is 3. The molecule has 0 aromatic rings. The van der Waals surface area contributed by atoms with Gasteiger partial charge < -0.3 is 31.2 Å². The van der Waals surface area contributed by atoms with Gasteiger partial charge in [-0.3, -0.25) is 4.79 Å². The van der Waals surface area contributed by atoms with Gasteiger partial charge in [0.25, 0.3) is 0 Å². The molecule has 0 aromatic carbocycles. The molecule has 9 heteroatoms. The highest BCUT2D eigenvalue weighted by atomic mass is 16.6. The number of hydrogen-bond donors (Lipinski definition) is 4. The quantitative estimate of drug-likeness (QED) is 0.368. The Hall–Kier alpha value is -2.03. The molecule has 1 atom stereocenters. The van der Waals surface area contributed by atoms with Crippen molar-refractivity contribution in [1.82, 2.24) is 16.0 Å². The van der Waals surface area contributed by atoms with Crippen LogP contribution in [0.2, 0.25) is 0 Å². The van der Waals surface area contributed by atoms with Crippen molar-refractivity contribution in [3.63, 3.8) is 0 Å². The second kappa shape index (κ2) is 10.7. The Morgan fingerprint density at radius 3 is 2.13 bits per heavy atom. The van der Waals surface area contributed by atoms with Crippen molar-refractivity contribution in [3.05, 3.63) is 0 Å². The Morgan fingerprint density at radius 2 is 1.61 bits per heavy atom. The largest absolute Gasteiger partial charge is 0.468 e. The van der Waals surface area contributed by atoms with Crippen molar-refractivity contribution < 1.29 is 23.9 Å². The van der Waals surface area contributed by atoms with Crippen LogP contribution in [-0.2, 0) is 14.3 Å². The van der Waals surface area contributed by atoms with Gasteiger partial charge in [-0.2, -0.15) is 0 Å².